The van der Waals surface area contributed by atoms with Crippen LogP contribution in [0.1, 0.15) is 32.6 Å². The molecule has 2 heterocycles. The number of nitrogens with one attached hydrogen (secondary N) is 1. The maximum absolute atomic E-state index is 14.0. The van der Waals surface area contributed by atoms with Crippen LogP contribution in [-0.4, -0.2) is 40.6 Å². The second-order valence-corrected chi connectivity index (χ2v) is 6.99. The molecule has 1 aromatic heterocycles. The molecule has 2 aromatic rings. The van der Waals surface area contributed by atoms with Crippen molar-refractivity contribution < 1.29 is 13.6 Å². The molecule has 4 rings (SSSR count). The highest BCUT2D eigenvalue weighted by Crippen LogP contribution is 2.38. The van der Waals surface area contributed by atoms with Crippen LogP contribution in [0.15, 0.2) is 24.4 Å². The summed E-state index contributed by atoms with van der Waals surface area (Å²) < 4.78 is 27.5. The molecular weight excluding hydrogens is 366 g/mol. The smallest absolute Gasteiger partial charge is 0.322 e. The molecule has 1 N–H and O–H groups in total. The highest BCUT2D eigenvalue weighted by molar-refractivity contribution is 5.98. The lowest BCUT2D eigenvalue weighted by molar-refractivity contribution is 0.191. The molecule has 2 amide bonds. The lowest BCUT2D eigenvalue weighted by atomic mass is 10.2. The molecule has 0 unspecified atom stereocenters. The van der Waals surface area contributed by atoms with Crippen molar-refractivity contribution in [2.75, 3.05) is 28.8 Å². The van der Waals surface area contributed by atoms with Gasteiger partial charge in [0.25, 0.3) is 0 Å². The van der Waals surface area contributed by atoms with Crippen molar-refractivity contribution in [3.05, 3.63) is 36.0 Å². The number of hydrogen-bond donors (Lipinski definition) is 1. The SMILES string of the molecule is CCN1C(=O)N(C)c2cnc(Nc3cc(F)ccc3F)nc2N1C1CCCC1. The summed E-state index contributed by atoms with van der Waals surface area (Å²) in [4.78, 5) is 23.1. The molecule has 1 saturated carbocycles. The van der Waals surface area contributed by atoms with Crippen LogP contribution in [0.4, 0.5) is 36.7 Å². The van der Waals surface area contributed by atoms with Gasteiger partial charge in [0.05, 0.1) is 17.9 Å². The van der Waals surface area contributed by atoms with E-state index < -0.39 is 11.6 Å². The van der Waals surface area contributed by atoms with E-state index >= 15 is 0 Å². The minimum Gasteiger partial charge on any atom is -0.322 e. The van der Waals surface area contributed by atoms with Gasteiger partial charge in [-0.05, 0) is 31.9 Å². The summed E-state index contributed by atoms with van der Waals surface area (Å²) in [6, 6.07) is 3.19. The Labute approximate surface area is 161 Å². The molecule has 0 bridgehead atoms. The fourth-order valence-electron chi connectivity index (χ4n) is 3.83. The van der Waals surface area contributed by atoms with Gasteiger partial charge < -0.3 is 5.32 Å². The Morgan fingerprint density at radius 2 is 2.00 bits per heavy atom. The van der Waals surface area contributed by atoms with Crippen molar-refractivity contribution in [2.24, 2.45) is 0 Å². The van der Waals surface area contributed by atoms with Gasteiger partial charge in [-0.25, -0.2) is 23.6 Å². The summed E-state index contributed by atoms with van der Waals surface area (Å²) in [6.07, 6.45) is 5.68. The first-order chi connectivity index (χ1) is 13.5. The summed E-state index contributed by atoms with van der Waals surface area (Å²) in [5, 5.41) is 6.37. The zero-order chi connectivity index (χ0) is 19.8. The first-order valence-electron chi connectivity index (χ1n) is 9.43. The molecule has 28 heavy (non-hydrogen) atoms. The van der Waals surface area contributed by atoms with Gasteiger partial charge >= 0.3 is 6.03 Å². The zero-order valence-electron chi connectivity index (χ0n) is 15.8. The third-order valence-electron chi connectivity index (χ3n) is 5.24. The third-order valence-corrected chi connectivity index (χ3v) is 5.24. The molecule has 2 aliphatic rings. The van der Waals surface area contributed by atoms with Gasteiger partial charge in [0.2, 0.25) is 5.95 Å². The van der Waals surface area contributed by atoms with Crippen molar-refractivity contribution in [3.63, 3.8) is 0 Å². The summed E-state index contributed by atoms with van der Waals surface area (Å²) in [6.45, 7) is 2.42. The van der Waals surface area contributed by atoms with E-state index in [-0.39, 0.29) is 23.7 Å². The Morgan fingerprint density at radius 1 is 1.25 bits per heavy atom. The summed E-state index contributed by atoms with van der Waals surface area (Å²) in [5.41, 5.74) is 0.548. The lowest BCUT2D eigenvalue weighted by Gasteiger charge is -2.45. The average Bonchev–Trinajstić information content (AvgIpc) is 3.21. The quantitative estimate of drug-likeness (QED) is 0.856. The number of carbonyl (C=O) groups is 1. The average molecular weight is 388 g/mol. The fourth-order valence-corrected chi connectivity index (χ4v) is 3.83. The molecule has 1 aromatic carbocycles. The van der Waals surface area contributed by atoms with Crippen molar-refractivity contribution in [2.45, 2.75) is 38.6 Å². The molecule has 1 aliphatic carbocycles. The number of rotatable bonds is 4. The van der Waals surface area contributed by atoms with E-state index in [1.165, 1.54) is 11.1 Å². The van der Waals surface area contributed by atoms with Crippen molar-refractivity contribution in [3.8, 4) is 0 Å². The number of anilines is 4. The number of aromatic nitrogens is 2. The molecule has 1 aliphatic heterocycles. The molecule has 7 nitrogen and oxygen atoms in total. The summed E-state index contributed by atoms with van der Waals surface area (Å²) >= 11 is 0. The number of carbonyl (C=O) groups excluding carboxylic acids is 1. The number of urea groups is 1. The maximum atomic E-state index is 14.0. The van der Waals surface area contributed by atoms with Gasteiger partial charge in [0.15, 0.2) is 5.82 Å². The summed E-state index contributed by atoms with van der Waals surface area (Å²) in [7, 11) is 1.68. The zero-order valence-corrected chi connectivity index (χ0v) is 15.8. The van der Waals surface area contributed by atoms with Gasteiger partial charge in [-0.15, -0.1) is 0 Å². The second kappa shape index (κ2) is 7.21. The maximum Gasteiger partial charge on any atom is 0.343 e. The van der Waals surface area contributed by atoms with E-state index in [1.54, 1.807) is 12.1 Å². The number of amides is 2. The number of hydrazine groups is 1. The summed E-state index contributed by atoms with van der Waals surface area (Å²) in [5.74, 6) is -0.426. The van der Waals surface area contributed by atoms with Gasteiger partial charge in [-0.1, -0.05) is 12.8 Å². The Bertz CT molecular complexity index is 902. The number of benzene rings is 1. The number of fused-ring (bicyclic) bond motifs is 1. The van der Waals surface area contributed by atoms with E-state index in [4.69, 9.17) is 0 Å². The van der Waals surface area contributed by atoms with Crippen LogP contribution >= 0.6 is 0 Å². The minimum absolute atomic E-state index is 0.0417. The normalized spacial score (nSPS) is 17.3. The van der Waals surface area contributed by atoms with Crippen LogP contribution in [-0.2, 0) is 0 Å². The van der Waals surface area contributed by atoms with E-state index in [9.17, 15) is 13.6 Å². The Morgan fingerprint density at radius 3 is 2.71 bits per heavy atom. The van der Waals surface area contributed by atoms with E-state index in [1.807, 2.05) is 11.9 Å². The van der Waals surface area contributed by atoms with E-state index in [0.717, 1.165) is 43.9 Å². The van der Waals surface area contributed by atoms with E-state index in [0.29, 0.717) is 18.1 Å². The topological polar surface area (TPSA) is 64.6 Å². The number of nitrogens with zero attached hydrogens (tertiary/aromatic N) is 5. The second-order valence-electron chi connectivity index (χ2n) is 6.99. The highest BCUT2D eigenvalue weighted by Gasteiger charge is 2.39. The molecular formula is C19H22F2N6O. The third kappa shape index (κ3) is 3.10. The first kappa shape index (κ1) is 18.4. The molecule has 0 saturated heterocycles. The van der Waals surface area contributed by atoms with Crippen molar-refractivity contribution in [1.29, 1.82) is 0 Å². The van der Waals surface area contributed by atoms with Crippen LogP contribution in [0.3, 0.4) is 0 Å². The van der Waals surface area contributed by atoms with E-state index in [2.05, 4.69) is 15.3 Å². The molecule has 9 heteroatoms. The standard InChI is InChI=1S/C19H22F2N6O/c1-3-26-19(28)25(2)16-11-22-18(23-15-10-12(20)8-9-14(15)21)24-17(16)27(26)13-6-4-5-7-13/h8-11,13H,3-7H2,1-2H3,(H,22,23,24). The fraction of sp³-hybridized carbons (Fsp3) is 0.421. The monoisotopic (exact) mass is 388 g/mol. The van der Waals surface area contributed by atoms with Crippen LogP contribution in [0.2, 0.25) is 0 Å². The molecule has 148 valence electrons. The van der Waals surface area contributed by atoms with Crippen molar-refractivity contribution in [1.82, 2.24) is 15.0 Å². The van der Waals surface area contributed by atoms with Crippen LogP contribution < -0.4 is 15.2 Å². The van der Waals surface area contributed by atoms with Gasteiger partial charge in [-0.2, -0.15) is 4.98 Å². The Balaban J connectivity index is 1.75. The minimum atomic E-state index is -0.599. The molecule has 0 radical (unpaired) electrons. The number of halogens is 2. The number of hydrogen-bond acceptors (Lipinski definition) is 5. The largest absolute Gasteiger partial charge is 0.343 e. The Kier molecular flexibility index (Phi) is 4.74. The Hall–Kier alpha value is -2.97. The van der Waals surface area contributed by atoms with Gasteiger partial charge in [-0.3, -0.25) is 9.91 Å². The van der Waals surface area contributed by atoms with Crippen molar-refractivity contribution >= 4 is 29.2 Å². The predicted molar refractivity (Wildman–Crippen MR) is 103 cm³/mol. The van der Waals surface area contributed by atoms with Gasteiger partial charge in [0, 0.05) is 19.7 Å². The molecule has 1 fully saturated rings. The molecule has 0 spiro atoms. The van der Waals surface area contributed by atoms with Crippen LogP contribution in [0.5, 0.6) is 0 Å². The molecule has 0 atom stereocenters. The lowest BCUT2D eigenvalue weighted by Crippen LogP contribution is -2.59. The highest BCUT2D eigenvalue weighted by atomic mass is 19.1. The first-order valence-corrected chi connectivity index (χ1v) is 9.43. The predicted octanol–water partition coefficient (Wildman–Crippen LogP) is 4.05. The van der Waals surface area contributed by atoms with Gasteiger partial charge in [0.1, 0.15) is 17.3 Å². The van der Waals surface area contributed by atoms with Crippen LogP contribution in [0, 0.1) is 11.6 Å². The van der Waals surface area contributed by atoms with Crippen LogP contribution in [0.25, 0.3) is 0 Å².